The second-order valence-electron chi connectivity index (χ2n) is 6.62. The zero-order chi connectivity index (χ0) is 19.5. The average molecular weight is 446 g/mol. The van der Waals surface area contributed by atoms with E-state index >= 15 is 0 Å². The fourth-order valence-electron chi connectivity index (χ4n) is 3.39. The molecule has 3 aromatic rings. The van der Waals surface area contributed by atoms with Gasteiger partial charge in [-0.2, -0.15) is 0 Å². The molecule has 0 spiro atoms. The number of nitrogens with one attached hydrogen (secondary N) is 2. The van der Waals surface area contributed by atoms with E-state index < -0.39 is 6.09 Å². The van der Waals surface area contributed by atoms with Gasteiger partial charge in [-0.25, -0.2) is 14.8 Å². The summed E-state index contributed by atoms with van der Waals surface area (Å²) < 4.78 is 0.880. The summed E-state index contributed by atoms with van der Waals surface area (Å²) in [6.45, 7) is 4.61. The van der Waals surface area contributed by atoms with Crippen molar-refractivity contribution in [3.05, 3.63) is 46.6 Å². The molecule has 4 heterocycles. The predicted octanol–water partition coefficient (Wildman–Crippen LogP) is 2.21. The molecule has 3 N–H and O–H groups in total. The molecule has 0 atom stereocenters. The van der Waals surface area contributed by atoms with Gasteiger partial charge in [-0.3, -0.25) is 9.88 Å². The Morgan fingerprint density at radius 2 is 2.11 bits per heavy atom. The van der Waals surface area contributed by atoms with Crippen molar-refractivity contribution in [1.29, 1.82) is 0 Å². The van der Waals surface area contributed by atoms with Crippen LogP contribution >= 0.6 is 15.9 Å². The zero-order valence-corrected chi connectivity index (χ0v) is 16.7. The van der Waals surface area contributed by atoms with Crippen LogP contribution in [0.4, 0.5) is 10.5 Å². The summed E-state index contributed by atoms with van der Waals surface area (Å²) in [7, 11) is 0. The van der Waals surface area contributed by atoms with E-state index in [9.17, 15) is 4.79 Å². The first-order valence-electron chi connectivity index (χ1n) is 8.96. The van der Waals surface area contributed by atoms with Crippen LogP contribution in [0.25, 0.3) is 11.2 Å². The zero-order valence-electron chi connectivity index (χ0n) is 15.1. The Morgan fingerprint density at radius 1 is 1.29 bits per heavy atom. The third-order valence-corrected chi connectivity index (χ3v) is 5.30. The largest absolute Gasteiger partial charge is 0.465 e. The Labute approximate surface area is 169 Å². The van der Waals surface area contributed by atoms with Crippen molar-refractivity contribution in [2.45, 2.75) is 13.1 Å². The van der Waals surface area contributed by atoms with Crippen molar-refractivity contribution in [2.75, 3.05) is 31.1 Å². The minimum Gasteiger partial charge on any atom is -0.465 e. The number of fused-ring (bicyclic) bond motifs is 1. The highest BCUT2D eigenvalue weighted by molar-refractivity contribution is 9.10. The number of aromatic nitrogens is 4. The summed E-state index contributed by atoms with van der Waals surface area (Å²) in [4.78, 5) is 31.6. The lowest BCUT2D eigenvalue weighted by Gasteiger charge is -2.36. The number of piperazine rings is 1. The van der Waals surface area contributed by atoms with Gasteiger partial charge in [0.05, 0.1) is 16.7 Å². The molecular weight excluding hydrogens is 426 g/mol. The second-order valence-corrected chi connectivity index (χ2v) is 7.47. The van der Waals surface area contributed by atoms with E-state index in [1.165, 1.54) is 5.56 Å². The topological polar surface area (TPSA) is 110 Å². The lowest BCUT2D eigenvalue weighted by Crippen LogP contribution is -2.46. The lowest BCUT2D eigenvalue weighted by molar-refractivity contribution is 0.193. The van der Waals surface area contributed by atoms with Gasteiger partial charge >= 0.3 is 6.09 Å². The summed E-state index contributed by atoms with van der Waals surface area (Å²) in [5.74, 6) is 0.541. The quantitative estimate of drug-likeness (QED) is 0.551. The van der Waals surface area contributed by atoms with E-state index in [0.717, 1.165) is 48.4 Å². The molecule has 4 rings (SSSR count). The van der Waals surface area contributed by atoms with Crippen LogP contribution in [-0.4, -0.2) is 62.2 Å². The minimum atomic E-state index is -1.08. The van der Waals surface area contributed by atoms with E-state index in [1.807, 2.05) is 12.3 Å². The van der Waals surface area contributed by atoms with Gasteiger partial charge in [0.1, 0.15) is 11.3 Å². The van der Waals surface area contributed by atoms with Crippen molar-refractivity contribution in [3.63, 3.8) is 0 Å². The number of carboxylic acid groups (broad SMARTS) is 1. The van der Waals surface area contributed by atoms with Gasteiger partial charge in [-0.1, -0.05) is 6.07 Å². The maximum Gasteiger partial charge on any atom is 0.405 e. The number of carbonyl (C=O) groups is 1. The normalized spacial score (nSPS) is 15.1. The lowest BCUT2D eigenvalue weighted by atomic mass is 10.2. The van der Waals surface area contributed by atoms with E-state index in [4.69, 9.17) is 5.11 Å². The van der Waals surface area contributed by atoms with Crippen molar-refractivity contribution >= 4 is 38.9 Å². The summed E-state index contributed by atoms with van der Waals surface area (Å²) in [5.41, 5.74) is 3.60. The Hall–Kier alpha value is -2.72. The molecule has 1 aliphatic rings. The molecule has 28 heavy (non-hydrogen) atoms. The van der Waals surface area contributed by atoms with Gasteiger partial charge in [0, 0.05) is 51.3 Å². The number of rotatable bonds is 5. The molecule has 0 unspecified atom stereocenters. The predicted molar refractivity (Wildman–Crippen MR) is 108 cm³/mol. The second kappa shape index (κ2) is 8.11. The molecule has 0 saturated carbocycles. The van der Waals surface area contributed by atoms with Gasteiger partial charge in [-0.05, 0) is 27.6 Å². The number of anilines is 1. The molecule has 3 aromatic heterocycles. The standard InChI is InChI=1S/C18H20BrN7O2/c19-13-9-21-17-15(23-14(24-17)10-22-18(27)28)16(13)26-6-4-25(5-7-26)11-12-2-1-3-20-8-12/h1-3,8-9,22H,4-7,10-11H2,(H,27,28)(H,21,23,24). The van der Waals surface area contributed by atoms with Crippen molar-refractivity contribution in [1.82, 2.24) is 30.2 Å². The molecular formula is C18H20BrN7O2. The first-order valence-corrected chi connectivity index (χ1v) is 9.75. The number of amides is 1. The summed E-state index contributed by atoms with van der Waals surface area (Å²) in [6, 6.07) is 4.06. The van der Waals surface area contributed by atoms with Gasteiger partial charge in [-0.15, -0.1) is 0 Å². The Kier molecular flexibility index (Phi) is 5.40. The molecule has 0 bridgehead atoms. The van der Waals surface area contributed by atoms with Gasteiger partial charge in [0.15, 0.2) is 5.65 Å². The monoisotopic (exact) mass is 445 g/mol. The highest BCUT2D eigenvalue weighted by atomic mass is 79.9. The first kappa shape index (κ1) is 18.6. The van der Waals surface area contributed by atoms with Gasteiger partial charge in [0.2, 0.25) is 0 Å². The van der Waals surface area contributed by atoms with E-state index in [2.05, 4.69) is 57.0 Å². The van der Waals surface area contributed by atoms with Crippen LogP contribution in [0.2, 0.25) is 0 Å². The maximum atomic E-state index is 10.7. The number of hydrogen-bond donors (Lipinski definition) is 3. The van der Waals surface area contributed by atoms with E-state index in [-0.39, 0.29) is 6.54 Å². The molecule has 1 aliphatic heterocycles. The van der Waals surface area contributed by atoms with Crippen LogP contribution in [0.3, 0.4) is 0 Å². The number of H-pyrrole nitrogens is 1. The molecule has 10 heteroatoms. The van der Waals surface area contributed by atoms with Crippen molar-refractivity contribution in [2.24, 2.45) is 0 Å². The fourth-order valence-corrected chi connectivity index (χ4v) is 3.93. The summed E-state index contributed by atoms with van der Waals surface area (Å²) in [6.07, 6.45) is 4.37. The van der Waals surface area contributed by atoms with Crippen molar-refractivity contribution < 1.29 is 9.90 Å². The highest BCUT2D eigenvalue weighted by Gasteiger charge is 2.23. The van der Waals surface area contributed by atoms with E-state index in [1.54, 1.807) is 12.4 Å². The number of hydrogen-bond acceptors (Lipinski definition) is 6. The fraction of sp³-hybridized carbons (Fsp3) is 0.333. The van der Waals surface area contributed by atoms with Crippen LogP contribution in [0.1, 0.15) is 11.4 Å². The molecule has 1 fully saturated rings. The minimum absolute atomic E-state index is 0.113. The third-order valence-electron chi connectivity index (χ3n) is 4.72. The molecule has 1 amide bonds. The summed E-state index contributed by atoms with van der Waals surface area (Å²) in [5, 5.41) is 11.1. The molecule has 0 radical (unpaired) electrons. The average Bonchev–Trinajstić information content (AvgIpc) is 3.11. The van der Waals surface area contributed by atoms with Crippen LogP contribution in [0.5, 0.6) is 0 Å². The third kappa shape index (κ3) is 4.07. The molecule has 146 valence electrons. The number of aromatic amines is 1. The summed E-state index contributed by atoms with van der Waals surface area (Å²) >= 11 is 3.60. The number of pyridine rings is 2. The van der Waals surface area contributed by atoms with Crippen LogP contribution in [0.15, 0.2) is 35.2 Å². The molecule has 0 aromatic carbocycles. The SMILES string of the molecule is O=C(O)NCc1nc2c(N3CCN(Cc4cccnc4)CC3)c(Br)cnc2[nH]1. The Balaban J connectivity index is 1.49. The van der Waals surface area contributed by atoms with E-state index in [0.29, 0.717) is 11.5 Å². The Morgan fingerprint density at radius 3 is 2.82 bits per heavy atom. The van der Waals surface area contributed by atoms with Crippen LogP contribution < -0.4 is 10.2 Å². The number of halogens is 1. The van der Waals surface area contributed by atoms with Crippen molar-refractivity contribution in [3.8, 4) is 0 Å². The van der Waals surface area contributed by atoms with Crippen LogP contribution in [-0.2, 0) is 13.1 Å². The smallest absolute Gasteiger partial charge is 0.405 e. The maximum absolute atomic E-state index is 10.7. The molecule has 9 nitrogen and oxygen atoms in total. The van der Waals surface area contributed by atoms with Crippen LogP contribution in [0, 0.1) is 0 Å². The van der Waals surface area contributed by atoms with Gasteiger partial charge < -0.3 is 20.3 Å². The van der Waals surface area contributed by atoms with Gasteiger partial charge in [0.25, 0.3) is 0 Å². The number of imidazole rings is 1. The molecule has 1 saturated heterocycles. The molecule has 0 aliphatic carbocycles. The Bertz CT molecular complexity index is 971. The number of nitrogens with zero attached hydrogens (tertiary/aromatic N) is 5. The first-order chi connectivity index (χ1) is 13.6. The highest BCUT2D eigenvalue weighted by Crippen LogP contribution is 2.33.